The molecule has 0 unspecified atom stereocenters. The van der Waals surface area contributed by atoms with E-state index in [2.05, 4.69) is 25.0 Å². The second kappa shape index (κ2) is 7.58. The van der Waals surface area contributed by atoms with Gasteiger partial charge < -0.3 is 9.64 Å². The smallest absolute Gasteiger partial charge is 0.302 e. The minimum Gasteiger partial charge on any atom is -0.422 e. The normalized spacial score (nSPS) is 16.7. The van der Waals surface area contributed by atoms with Gasteiger partial charge >= 0.3 is 6.01 Å². The van der Waals surface area contributed by atoms with Gasteiger partial charge in [0.05, 0.1) is 35.5 Å². The number of H-pyrrole nitrogens is 1. The maximum absolute atomic E-state index is 13.2. The van der Waals surface area contributed by atoms with E-state index < -0.39 is 0 Å². The van der Waals surface area contributed by atoms with Crippen molar-refractivity contribution in [1.82, 2.24) is 24.7 Å². The molecule has 0 amide bonds. The zero-order chi connectivity index (χ0) is 20.5. The molecule has 1 fully saturated rings. The Labute approximate surface area is 171 Å². The van der Waals surface area contributed by atoms with Crippen molar-refractivity contribution in [3.63, 3.8) is 0 Å². The first-order chi connectivity index (χ1) is 14.7. The first kappa shape index (κ1) is 18.3. The van der Waals surface area contributed by atoms with Crippen LogP contribution in [0.25, 0.3) is 10.9 Å². The number of fused-ring (bicyclic) bond motifs is 1. The Morgan fingerprint density at radius 3 is 2.90 bits per heavy atom. The Bertz CT molecular complexity index is 1240. The van der Waals surface area contributed by atoms with Crippen molar-refractivity contribution in [2.24, 2.45) is 0 Å². The first-order valence-electron chi connectivity index (χ1n) is 9.72. The summed E-state index contributed by atoms with van der Waals surface area (Å²) in [6, 6.07) is 8.42. The maximum atomic E-state index is 13.2. The fraction of sp³-hybridized carbons (Fsp3) is 0.238. The van der Waals surface area contributed by atoms with E-state index in [-0.39, 0.29) is 23.4 Å². The van der Waals surface area contributed by atoms with Crippen molar-refractivity contribution in [2.75, 3.05) is 18.0 Å². The van der Waals surface area contributed by atoms with Gasteiger partial charge in [0, 0.05) is 25.0 Å². The van der Waals surface area contributed by atoms with Gasteiger partial charge in [-0.05, 0) is 43.2 Å². The van der Waals surface area contributed by atoms with Gasteiger partial charge in [0.2, 0.25) is 0 Å². The molecule has 1 aromatic carbocycles. The van der Waals surface area contributed by atoms with Gasteiger partial charge in [0.15, 0.2) is 5.75 Å². The first-order valence-corrected chi connectivity index (χ1v) is 9.72. The highest BCUT2D eigenvalue weighted by Crippen LogP contribution is 2.28. The molecule has 4 heterocycles. The van der Waals surface area contributed by atoms with E-state index in [1.165, 1.54) is 18.3 Å². The van der Waals surface area contributed by atoms with Crippen molar-refractivity contribution in [3.8, 4) is 11.8 Å². The van der Waals surface area contributed by atoms with Crippen molar-refractivity contribution in [1.29, 1.82) is 0 Å². The minimum absolute atomic E-state index is 0.0941. The zero-order valence-electron chi connectivity index (χ0n) is 16.0. The molecule has 0 radical (unpaired) electrons. The Morgan fingerprint density at radius 2 is 2.03 bits per heavy atom. The highest BCUT2D eigenvalue weighted by atomic mass is 19.1. The standard InChI is InChI=1S/C21H19FN6O2/c22-14-3-5-15(6-4-14)27-9-1-2-16(12-27)28-13-17(10-24-28)30-21-25-19-11-23-8-7-18(19)20(29)26-21/h3-8,10-11,13,16H,1-2,9,12H2,(H,25,26,29)/t16-/m0/s1. The fourth-order valence-electron chi connectivity index (χ4n) is 3.76. The summed E-state index contributed by atoms with van der Waals surface area (Å²) in [4.78, 5) is 25.3. The number of hydrogen-bond acceptors (Lipinski definition) is 6. The molecule has 1 saturated heterocycles. The number of nitrogens with one attached hydrogen (secondary N) is 1. The Morgan fingerprint density at radius 1 is 1.17 bits per heavy atom. The van der Waals surface area contributed by atoms with Crippen LogP contribution in [0.2, 0.25) is 0 Å². The van der Waals surface area contributed by atoms with Gasteiger partial charge in [-0.3, -0.25) is 19.4 Å². The van der Waals surface area contributed by atoms with Crippen LogP contribution in [-0.4, -0.2) is 37.8 Å². The molecular formula is C21H19FN6O2. The molecule has 0 saturated carbocycles. The second-order valence-electron chi connectivity index (χ2n) is 7.24. The number of ether oxygens (including phenoxy) is 1. The summed E-state index contributed by atoms with van der Waals surface area (Å²) in [5, 5.41) is 4.89. The number of rotatable bonds is 4. The lowest BCUT2D eigenvalue weighted by Gasteiger charge is -2.34. The SMILES string of the molecule is O=c1[nH]c(Oc2cnn([C@H]3CCCN(c4ccc(F)cc4)C3)c2)nc2cnccc12. The van der Waals surface area contributed by atoms with E-state index in [1.54, 1.807) is 36.8 Å². The molecule has 1 aliphatic heterocycles. The summed E-state index contributed by atoms with van der Waals surface area (Å²) >= 11 is 0. The van der Waals surface area contributed by atoms with Crippen LogP contribution in [0.1, 0.15) is 18.9 Å². The van der Waals surface area contributed by atoms with Crippen LogP contribution in [-0.2, 0) is 0 Å². The molecule has 1 atom stereocenters. The number of aromatic nitrogens is 5. The van der Waals surface area contributed by atoms with E-state index >= 15 is 0 Å². The largest absolute Gasteiger partial charge is 0.422 e. The highest BCUT2D eigenvalue weighted by Gasteiger charge is 2.22. The van der Waals surface area contributed by atoms with Crippen LogP contribution in [0.4, 0.5) is 10.1 Å². The van der Waals surface area contributed by atoms with Gasteiger partial charge in [-0.1, -0.05) is 0 Å². The number of hydrogen-bond donors (Lipinski definition) is 1. The number of piperidine rings is 1. The monoisotopic (exact) mass is 406 g/mol. The molecule has 30 heavy (non-hydrogen) atoms. The number of nitrogens with zero attached hydrogens (tertiary/aromatic N) is 5. The van der Waals surface area contributed by atoms with Gasteiger partial charge in [-0.15, -0.1) is 0 Å². The van der Waals surface area contributed by atoms with E-state index in [4.69, 9.17) is 4.74 Å². The molecule has 9 heteroatoms. The van der Waals surface area contributed by atoms with Crippen LogP contribution < -0.4 is 15.2 Å². The van der Waals surface area contributed by atoms with Crippen LogP contribution >= 0.6 is 0 Å². The van der Waals surface area contributed by atoms with Gasteiger partial charge in [-0.2, -0.15) is 10.1 Å². The molecule has 4 aromatic rings. The maximum Gasteiger partial charge on any atom is 0.302 e. The highest BCUT2D eigenvalue weighted by molar-refractivity contribution is 5.76. The predicted octanol–water partition coefficient (Wildman–Crippen LogP) is 3.29. The average Bonchev–Trinajstić information content (AvgIpc) is 3.23. The number of anilines is 1. The van der Waals surface area contributed by atoms with Crippen molar-refractivity contribution >= 4 is 16.6 Å². The van der Waals surface area contributed by atoms with Crippen LogP contribution in [0.15, 0.2) is 59.9 Å². The van der Waals surface area contributed by atoms with Crippen molar-refractivity contribution in [2.45, 2.75) is 18.9 Å². The number of pyridine rings is 1. The molecule has 0 aliphatic carbocycles. The summed E-state index contributed by atoms with van der Waals surface area (Å²) in [5.41, 5.74) is 1.18. The summed E-state index contributed by atoms with van der Waals surface area (Å²) in [6.07, 6.45) is 8.45. The fourth-order valence-corrected chi connectivity index (χ4v) is 3.76. The topological polar surface area (TPSA) is 88.9 Å². The van der Waals surface area contributed by atoms with Crippen molar-refractivity contribution in [3.05, 3.63) is 71.3 Å². The lowest BCUT2D eigenvalue weighted by Crippen LogP contribution is -2.36. The lowest BCUT2D eigenvalue weighted by molar-refractivity contribution is 0.373. The number of aromatic amines is 1. The van der Waals surface area contributed by atoms with E-state index in [0.29, 0.717) is 16.7 Å². The summed E-state index contributed by atoms with van der Waals surface area (Å²) in [6.45, 7) is 1.69. The number of benzene rings is 1. The second-order valence-corrected chi connectivity index (χ2v) is 7.24. The molecule has 1 N–H and O–H groups in total. The van der Waals surface area contributed by atoms with Crippen LogP contribution in [0.3, 0.4) is 0 Å². The van der Waals surface area contributed by atoms with E-state index in [1.807, 2.05) is 4.68 Å². The van der Waals surface area contributed by atoms with Crippen molar-refractivity contribution < 1.29 is 9.13 Å². The summed E-state index contributed by atoms with van der Waals surface area (Å²) in [5.74, 6) is 0.248. The molecule has 0 spiro atoms. The van der Waals surface area contributed by atoms with E-state index in [0.717, 1.165) is 31.6 Å². The quantitative estimate of drug-likeness (QED) is 0.560. The third-order valence-electron chi connectivity index (χ3n) is 5.24. The van der Waals surface area contributed by atoms with Gasteiger partial charge in [0.1, 0.15) is 5.82 Å². The Hall–Kier alpha value is -3.75. The molecule has 0 bridgehead atoms. The molecule has 152 valence electrons. The molecule has 3 aromatic heterocycles. The third kappa shape index (κ3) is 3.61. The molecular weight excluding hydrogens is 387 g/mol. The molecule has 5 rings (SSSR count). The van der Waals surface area contributed by atoms with Gasteiger partial charge in [-0.25, -0.2) is 4.39 Å². The molecule has 1 aliphatic rings. The summed E-state index contributed by atoms with van der Waals surface area (Å²) < 4.78 is 20.8. The average molecular weight is 406 g/mol. The van der Waals surface area contributed by atoms with Crippen LogP contribution in [0, 0.1) is 5.82 Å². The molecule has 8 nitrogen and oxygen atoms in total. The minimum atomic E-state index is -0.285. The zero-order valence-corrected chi connectivity index (χ0v) is 16.0. The predicted molar refractivity (Wildman–Crippen MR) is 109 cm³/mol. The Balaban J connectivity index is 1.33. The lowest BCUT2D eigenvalue weighted by atomic mass is 10.1. The van der Waals surface area contributed by atoms with Gasteiger partial charge in [0.25, 0.3) is 5.56 Å². The Kier molecular flexibility index (Phi) is 4.62. The number of halogens is 1. The summed E-state index contributed by atoms with van der Waals surface area (Å²) in [7, 11) is 0. The third-order valence-corrected chi connectivity index (χ3v) is 5.24. The van der Waals surface area contributed by atoms with E-state index in [9.17, 15) is 9.18 Å². The van der Waals surface area contributed by atoms with Crippen LogP contribution in [0.5, 0.6) is 11.8 Å².